The minimum atomic E-state index is -0.260. The lowest BCUT2D eigenvalue weighted by atomic mass is 10.3. The lowest BCUT2D eigenvalue weighted by Gasteiger charge is -2.05. The van der Waals surface area contributed by atoms with Gasteiger partial charge in [-0.3, -0.25) is 9.59 Å². The van der Waals surface area contributed by atoms with E-state index in [0.717, 1.165) is 21.4 Å². The summed E-state index contributed by atoms with van der Waals surface area (Å²) in [5.41, 5.74) is 2.48. The van der Waals surface area contributed by atoms with Crippen molar-refractivity contribution in [2.75, 3.05) is 11.9 Å². The number of hydrogen-bond donors (Lipinski definition) is 2. The van der Waals surface area contributed by atoms with Crippen LogP contribution in [0.2, 0.25) is 0 Å². The molecule has 0 saturated carbocycles. The number of benzene rings is 2. The van der Waals surface area contributed by atoms with E-state index in [1.54, 1.807) is 29.1 Å². The molecule has 28 heavy (non-hydrogen) atoms. The summed E-state index contributed by atoms with van der Waals surface area (Å²) in [7, 11) is 0. The SMILES string of the molecule is O=C(/C=C/c1cnn(-c2ccccc2)c1)NCCC(=O)Nc1ccc(Br)cc1. The maximum absolute atomic E-state index is 11.9. The quantitative estimate of drug-likeness (QED) is 0.550. The Morgan fingerprint density at radius 1 is 1.07 bits per heavy atom. The molecule has 3 rings (SSSR count). The maximum Gasteiger partial charge on any atom is 0.244 e. The first kappa shape index (κ1) is 19.6. The van der Waals surface area contributed by atoms with Gasteiger partial charge >= 0.3 is 0 Å². The van der Waals surface area contributed by atoms with E-state index < -0.39 is 0 Å². The Hall–Kier alpha value is -3.19. The van der Waals surface area contributed by atoms with E-state index in [2.05, 4.69) is 31.7 Å². The van der Waals surface area contributed by atoms with E-state index in [-0.39, 0.29) is 24.8 Å². The normalized spacial score (nSPS) is 10.8. The second-order valence-electron chi connectivity index (χ2n) is 5.98. The van der Waals surface area contributed by atoms with E-state index in [1.807, 2.05) is 48.7 Å². The van der Waals surface area contributed by atoms with Crippen molar-refractivity contribution in [3.63, 3.8) is 0 Å². The fourth-order valence-electron chi connectivity index (χ4n) is 2.43. The van der Waals surface area contributed by atoms with Crippen molar-refractivity contribution < 1.29 is 9.59 Å². The number of amides is 2. The third-order valence-corrected chi connectivity index (χ3v) is 4.36. The largest absolute Gasteiger partial charge is 0.352 e. The van der Waals surface area contributed by atoms with Crippen molar-refractivity contribution in [2.45, 2.75) is 6.42 Å². The summed E-state index contributed by atoms with van der Waals surface area (Å²) in [6, 6.07) is 17.0. The van der Waals surface area contributed by atoms with Gasteiger partial charge in [0.15, 0.2) is 0 Å². The number of anilines is 1. The monoisotopic (exact) mass is 438 g/mol. The number of hydrogen-bond acceptors (Lipinski definition) is 3. The lowest BCUT2D eigenvalue weighted by Crippen LogP contribution is -2.26. The molecule has 0 aliphatic heterocycles. The molecular formula is C21H19BrN4O2. The Morgan fingerprint density at radius 2 is 1.82 bits per heavy atom. The molecule has 0 atom stereocenters. The van der Waals surface area contributed by atoms with E-state index >= 15 is 0 Å². The van der Waals surface area contributed by atoms with Gasteiger partial charge in [0, 0.05) is 41.0 Å². The highest BCUT2D eigenvalue weighted by Crippen LogP contribution is 2.14. The van der Waals surface area contributed by atoms with Crippen LogP contribution in [0.5, 0.6) is 0 Å². The van der Waals surface area contributed by atoms with Gasteiger partial charge in [0.05, 0.1) is 11.9 Å². The molecule has 6 nitrogen and oxygen atoms in total. The van der Waals surface area contributed by atoms with Crippen molar-refractivity contribution in [3.05, 3.63) is 83.1 Å². The second-order valence-corrected chi connectivity index (χ2v) is 6.90. The molecule has 0 aliphatic carbocycles. The smallest absolute Gasteiger partial charge is 0.244 e. The lowest BCUT2D eigenvalue weighted by molar-refractivity contribution is -0.117. The number of carbonyl (C=O) groups is 2. The molecule has 0 spiro atoms. The standard InChI is InChI=1S/C21H19BrN4O2/c22-17-7-9-18(10-8-17)25-21(28)12-13-23-20(27)11-6-16-14-24-26(15-16)19-4-2-1-3-5-19/h1-11,14-15H,12-13H2,(H,23,27)(H,25,28)/b11-6+. The predicted molar refractivity (Wildman–Crippen MR) is 113 cm³/mol. The molecular weight excluding hydrogens is 420 g/mol. The van der Waals surface area contributed by atoms with E-state index in [0.29, 0.717) is 0 Å². The highest BCUT2D eigenvalue weighted by Gasteiger charge is 2.04. The Labute approximate surface area is 171 Å². The Balaban J connectivity index is 1.42. The highest BCUT2D eigenvalue weighted by atomic mass is 79.9. The van der Waals surface area contributed by atoms with Crippen LogP contribution in [0.4, 0.5) is 5.69 Å². The van der Waals surface area contributed by atoms with E-state index in [1.165, 1.54) is 6.08 Å². The summed E-state index contributed by atoms with van der Waals surface area (Å²) in [6.45, 7) is 0.259. The van der Waals surface area contributed by atoms with Gasteiger partial charge in [0.1, 0.15) is 0 Å². The summed E-state index contributed by atoms with van der Waals surface area (Å²) in [4.78, 5) is 23.8. The van der Waals surface area contributed by atoms with Gasteiger partial charge in [-0.1, -0.05) is 34.1 Å². The van der Waals surface area contributed by atoms with E-state index in [4.69, 9.17) is 0 Å². The van der Waals surface area contributed by atoms with Crippen LogP contribution in [-0.4, -0.2) is 28.1 Å². The first-order valence-electron chi connectivity index (χ1n) is 8.71. The fraction of sp³-hybridized carbons (Fsp3) is 0.0952. The summed E-state index contributed by atoms with van der Waals surface area (Å²) < 4.78 is 2.68. The number of para-hydroxylation sites is 1. The number of halogens is 1. The van der Waals surface area contributed by atoms with Gasteiger partial charge in [-0.2, -0.15) is 5.10 Å². The summed E-state index contributed by atoms with van der Waals surface area (Å²) in [5.74, 6) is -0.417. The van der Waals surface area contributed by atoms with Crippen LogP contribution >= 0.6 is 15.9 Å². The molecule has 0 fully saturated rings. The molecule has 2 aromatic carbocycles. The molecule has 0 bridgehead atoms. The van der Waals surface area contributed by atoms with Crippen LogP contribution in [0.3, 0.4) is 0 Å². The molecule has 142 valence electrons. The minimum absolute atomic E-state index is 0.157. The van der Waals surface area contributed by atoms with Gasteiger partial charge in [0.2, 0.25) is 11.8 Å². The number of nitrogens with zero attached hydrogens (tertiary/aromatic N) is 2. The van der Waals surface area contributed by atoms with Crippen LogP contribution in [0.1, 0.15) is 12.0 Å². The van der Waals surface area contributed by atoms with Gasteiger partial charge in [0.25, 0.3) is 0 Å². The zero-order valence-electron chi connectivity index (χ0n) is 15.0. The average molecular weight is 439 g/mol. The van der Waals surface area contributed by atoms with Crippen LogP contribution in [0.15, 0.2) is 77.5 Å². The first-order chi connectivity index (χ1) is 13.6. The van der Waals surface area contributed by atoms with Crippen molar-refractivity contribution in [2.24, 2.45) is 0 Å². The molecule has 0 unspecified atom stereocenters. The van der Waals surface area contributed by atoms with Crippen molar-refractivity contribution >= 4 is 39.5 Å². The van der Waals surface area contributed by atoms with Crippen LogP contribution in [0.25, 0.3) is 11.8 Å². The Kier molecular flexibility index (Phi) is 6.75. The third-order valence-electron chi connectivity index (χ3n) is 3.83. The summed E-state index contributed by atoms with van der Waals surface area (Å²) in [5, 5.41) is 9.75. The molecule has 0 radical (unpaired) electrons. The van der Waals surface area contributed by atoms with Crippen LogP contribution in [0, 0.1) is 0 Å². The van der Waals surface area contributed by atoms with Crippen LogP contribution in [-0.2, 0) is 9.59 Å². The first-order valence-corrected chi connectivity index (χ1v) is 9.51. The number of aromatic nitrogens is 2. The topological polar surface area (TPSA) is 76.0 Å². The molecule has 0 saturated heterocycles. The number of nitrogens with one attached hydrogen (secondary N) is 2. The fourth-order valence-corrected chi connectivity index (χ4v) is 2.70. The third kappa shape index (κ3) is 5.92. The molecule has 0 aliphatic rings. The molecule has 1 aromatic heterocycles. The van der Waals surface area contributed by atoms with E-state index in [9.17, 15) is 9.59 Å². The predicted octanol–water partition coefficient (Wildman–Crippen LogP) is 3.79. The van der Waals surface area contributed by atoms with Gasteiger partial charge < -0.3 is 10.6 Å². The highest BCUT2D eigenvalue weighted by molar-refractivity contribution is 9.10. The molecule has 2 amide bonds. The molecule has 7 heteroatoms. The van der Waals surface area contributed by atoms with Crippen LogP contribution < -0.4 is 10.6 Å². The molecule has 3 aromatic rings. The van der Waals surface area contributed by atoms with Crippen molar-refractivity contribution in [1.82, 2.24) is 15.1 Å². The van der Waals surface area contributed by atoms with Crippen molar-refractivity contribution in [3.8, 4) is 5.69 Å². The zero-order chi connectivity index (χ0) is 19.8. The Morgan fingerprint density at radius 3 is 2.57 bits per heavy atom. The zero-order valence-corrected chi connectivity index (χ0v) is 16.6. The van der Waals surface area contributed by atoms with Gasteiger partial charge in [-0.25, -0.2) is 4.68 Å². The van der Waals surface area contributed by atoms with Gasteiger partial charge in [-0.05, 0) is 42.5 Å². The number of rotatable bonds is 7. The second kappa shape index (κ2) is 9.66. The van der Waals surface area contributed by atoms with Crippen molar-refractivity contribution in [1.29, 1.82) is 0 Å². The maximum atomic E-state index is 11.9. The molecule has 1 heterocycles. The van der Waals surface area contributed by atoms with Gasteiger partial charge in [-0.15, -0.1) is 0 Å². The number of carbonyl (C=O) groups excluding carboxylic acids is 2. The summed E-state index contributed by atoms with van der Waals surface area (Å²) >= 11 is 3.34. The Bertz CT molecular complexity index is 966. The summed E-state index contributed by atoms with van der Waals surface area (Å²) in [6.07, 6.45) is 6.83. The average Bonchev–Trinajstić information content (AvgIpc) is 3.18. The minimum Gasteiger partial charge on any atom is -0.352 e. The molecule has 2 N–H and O–H groups in total.